The summed E-state index contributed by atoms with van der Waals surface area (Å²) < 4.78 is 0. The summed E-state index contributed by atoms with van der Waals surface area (Å²) in [6, 6.07) is 28.2. The van der Waals surface area contributed by atoms with E-state index in [1.54, 1.807) is 4.90 Å². The summed E-state index contributed by atoms with van der Waals surface area (Å²) >= 11 is 1.51. The van der Waals surface area contributed by atoms with Gasteiger partial charge < -0.3 is 14.8 Å². The Labute approximate surface area is 223 Å². The molecule has 0 fully saturated rings. The van der Waals surface area contributed by atoms with Crippen LogP contribution in [0, 0.1) is 5.92 Å². The highest BCUT2D eigenvalue weighted by Gasteiger charge is 2.23. The molecule has 3 aromatic carbocycles. The van der Waals surface area contributed by atoms with Crippen molar-refractivity contribution in [3.63, 3.8) is 0 Å². The minimum Gasteiger partial charge on any atom is -0.361 e. The zero-order valence-electron chi connectivity index (χ0n) is 21.6. The molecule has 6 heteroatoms. The summed E-state index contributed by atoms with van der Waals surface area (Å²) in [6.07, 6.45) is 2.77. The van der Waals surface area contributed by atoms with Gasteiger partial charge in [-0.1, -0.05) is 80.6 Å². The zero-order valence-corrected chi connectivity index (χ0v) is 22.4. The van der Waals surface area contributed by atoms with Crippen LogP contribution in [-0.4, -0.2) is 52.0 Å². The van der Waals surface area contributed by atoms with Crippen molar-refractivity contribution in [3.05, 3.63) is 102 Å². The standard InChI is InChI=1S/C31H35N3O2S/c1-24(2)20-34(31(36)23-37-27-13-7-4-8-14-27)22-30(35)33(21-25-11-5-3-6-12-25)18-17-26-19-32-29-16-10-9-15-28(26)29/h3-16,19,24,32H,17-18,20-23H2,1-2H3. The summed E-state index contributed by atoms with van der Waals surface area (Å²) in [4.78, 5) is 34.8. The third-order valence-corrected chi connectivity index (χ3v) is 7.26. The largest absolute Gasteiger partial charge is 0.361 e. The van der Waals surface area contributed by atoms with Crippen LogP contribution in [0.5, 0.6) is 0 Å². The van der Waals surface area contributed by atoms with Crippen LogP contribution in [0.15, 0.2) is 96.0 Å². The molecule has 0 aliphatic carbocycles. The lowest BCUT2D eigenvalue weighted by atomic mass is 10.1. The fourth-order valence-electron chi connectivity index (χ4n) is 4.40. The number of aromatic amines is 1. The second-order valence-corrected chi connectivity index (χ2v) is 10.7. The Balaban J connectivity index is 1.46. The first-order valence-corrected chi connectivity index (χ1v) is 13.8. The SMILES string of the molecule is CC(C)CN(CC(=O)N(CCc1c[nH]c2ccccc12)Cc1ccccc1)C(=O)CSc1ccccc1. The van der Waals surface area contributed by atoms with Gasteiger partial charge >= 0.3 is 0 Å². The number of fused-ring (bicyclic) bond motifs is 1. The third-order valence-electron chi connectivity index (χ3n) is 6.26. The van der Waals surface area contributed by atoms with Crippen molar-refractivity contribution >= 4 is 34.5 Å². The van der Waals surface area contributed by atoms with Crippen molar-refractivity contribution in [2.45, 2.75) is 31.7 Å². The average Bonchev–Trinajstić information content (AvgIpc) is 3.33. The topological polar surface area (TPSA) is 56.4 Å². The second-order valence-electron chi connectivity index (χ2n) is 9.68. The average molecular weight is 514 g/mol. The lowest BCUT2D eigenvalue weighted by Gasteiger charge is -2.29. The van der Waals surface area contributed by atoms with E-state index in [0.29, 0.717) is 25.4 Å². The van der Waals surface area contributed by atoms with Crippen LogP contribution in [0.2, 0.25) is 0 Å². The number of hydrogen-bond donors (Lipinski definition) is 1. The molecule has 0 bridgehead atoms. The van der Waals surface area contributed by atoms with E-state index in [1.165, 1.54) is 22.7 Å². The van der Waals surface area contributed by atoms with Gasteiger partial charge in [0.2, 0.25) is 11.8 Å². The van der Waals surface area contributed by atoms with Gasteiger partial charge in [-0.15, -0.1) is 11.8 Å². The van der Waals surface area contributed by atoms with Crippen molar-refractivity contribution in [2.24, 2.45) is 5.92 Å². The monoisotopic (exact) mass is 513 g/mol. The molecule has 192 valence electrons. The minimum absolute atomic E-state index is 0.00723. The molecule has 4 aromatic rings. The van der Waals surface area contributed by atoms with Crippen LogP contribution < -0.4 is 0 Å². The Hall–Kier alpha value is -3.51. The molecule has 5 nitrogen and oxygen atoms in total. The number of carbonyl (C=O) groups is 2. The number of thioether (sulfide) groups is 1. The zero-order chi connectivity index (χ0) is 26.0. The molecule has 0 atom stereocenters. The lowest BCUT2D eigenvalue weighted by Crippen LogP contribution is -2.45. The lowest BCUT2D eigenvalue weighted by molar-refractivity contribution is -0.140. The Morgan fingerprint density at radius 1 is 0.838 bits per heavy atom. The highest BCUT2D eigenvalue weighted by molar-refractivity contribution is 8.00. The number of amides is 2. The van der Waals surface area contributed by atoms with Gasteiger partial charge in [-0.2, -0.15) is 0 Å². The molecule has 1 aromatic heterocycles. The Morgan fingerprint density at radius 2 is 1.51 bits per heavy atom. The van der Waals surface area contributed by atoms with Gasteiger partial charge in [-0.3, -0.25) is 9.59 Å². The molecule has 0 spiro atoms. The van der Waals surface area contributed by atoms with Crippen LogP contribution in [0.4, 0.5) is 0 Å². The van der Waals surface area contributed by atoms with Gasteiger partial charge in [0.05, 0.1) is 12.3 Å². The second kappa shape index (κ2) is 13.2. The molecular formula is C31H35N3O2S. The molecule has 0 unspecified atom stereocenters. The Morgan fingerprint density at radius 3 is 2.24 bits per heavy atom. The van der Waals surface area contributed by atoms with E-state index in [4.69, 9.17) is 0 Å². The summed E-state index contributed by atoms with van der Waals surface area (Å²) in [5, 5.41) is 1.18. The van der Waals surface area contributed by atoms with E-state index in [1.807, 2.05) is 83.9 Å². The molecule has 2 amide bonds. The van der Waals surface area contributed by atoms with Crippen LogP contribution in [0.25, 0.3) is 10.9 Å². The summed E-state index contributed by atoms with van der Waals surface area (Å²) in [6.45, 7) is 5.90. The van der Waals surface area contributed by atoms with Crippen molar-refractivity contribution < 1.29 is 9.59 Å². The predicted molar refractivity (Wildman–Crippen MR) is 152 cm³/mol. The van der Waals surface area contributed by atoms with Crippen LogP contribution in [0.1, 0.15) is 25.0 Å². The van der Waals surface area contributed by atoms with Crippen molar-refractivity contribution in [1.29, 1.82) is 0 Å². The fraction of sp³-hybridized carbons (Fsp3) is 0.290. The van der Waals surface area contributed by atoms with Crippen molar-refractivity contribution in [2.75, 3.05) is 25.4 Å². The maximum atomic E-state index is 13.7. The predicted octanol–water partition coefficient (Wildman–Crippen LogP) is 6.02. The molecule has 0 radical (unpaired) electrons. The molecule has 1 heterocycles. The number of aromatic nitrogens is 1. The number of H-pyrrole nitrogens is 1. The van der Waals surface area contributed by atoms with E-state index in [0.717, 1.165) is 22.4 Å². The molecular weight excluding hydrogens is 478 g/mol. The highest BCUT2D eigenvalue weighted by Crippen LogP contribution is 2.20. The number of carbonyl (C=O) groups excluding carboxylic acids is 2. The van der Waals surface area contributed by atoms with E-state index in [2.05, 4.69) is 31.0 Å². The van der Waals surface area contributed by atoms with Crippen molar-refractivity contribution in [3.8, 4) is 0 Å². The number of benzene rings is 3. The first-order valence-electron chi connectivity index (χ1n) is 12.8. The summed E-state index contributed by atoms with van der Waals surface area (Å²) in [7, 11) is 0. The third kappa shape index (κ3) is 7.73. The van der Waals surface area contributed by atoms with E-state index < -0.39 is 0 Å². The van der Waals surface area contributed by atoms with Gasteiger partial charge in [-0.25, -0.2) is 0 Å². The molecule has 0 aliphatic rings. The Kier molecular flexibility index (Phi) is 9.44. The fourth-order valence-corrected chi connectivity index (χ4v) is 5.22. The van der Waals surface area contributed by atoms with Gasteiger partial charge in [0.15, 0.2) is 0 Å². The van der Waals surface area contributed by atoms with Gasteiger partial charge in [-0.05, 0) is 41.7 Å². The first-order chi connectivity index (χ1) is 18.0. The smallest absolute Gasteiger partial charge is 0.242 e. The normalized spacial score (nSPS) is 11.1. The number of hydrogen-bond acceptors (Lipinski definition) is 3. The van der Waals surface area contributed by atoms with Crippen LogP contribution in [0.3, 0.4) is 0 Å². The Bertz CT molecular complexity index is 1290. The summed E-state index contributed by atoms with van der Waals surface area (Å²) in [5.74, 6) is 0.555. The molecule has 0 aliphatic heterocycles. The molecule has 0 saturated heterocycles. The molecule has 4 rings (SSSR count). The number of rotatable bonds is 12. The number of nitrogens with zero attached hydrogens (tertiary/aromatic N) is 2. The summed E-state index contributed by atoms with van der Waals surface area (Å²) in [5.41, 5.74) is 3.37. The van der Waals surface area contributed by atoms with Gasteiger partial charge in [0.25, 0.3) is 0 Å². The van der Waals surface area contributed by atoms with Crippen LogP contribution in [-0.2, 0) is 22.6 Å². The minimum atomic E-state index is -0.0256. The quantitative estimate of drug-likeness (QED) is 0.236. The van der Waals surface area contributed by atoms with E-state index in [9.17, 15) is 9.59 Å². The number of nitrogens with one attached hydrogen (secondary N) is 1. The molecule has 0 saturated carbocycles. The van der Waals surface area contributed by atoms with Gasteiger partial charge in [0, 0.05) is 41.6 Å². The van der Waals surface area contributed by atoms with E-state index >= 15 is 0 Å². The maximum absolute atomic E-state index is 13.7. The maximum Gasteiger partial charge on any atom is 0.242 e. The molecule has 1 N–H and O–H groups in total. The molecule has 37 heavy (non-hydrogen) atoms. The van der Waals surface area contributed by atoms with Crippen LogP contribution >= 0.6 is 11.8 Å². The highest BCUT2D eigenvalue weighted by atomic mass is 32.2. The van der Waals surface area contributed by atoms with E-state index in [-0.39, 0.29) is 24.3 Å². The number of para-hydroxylation sites is 1. The van der Waals surface area contributed by atoms with Crippen molar-refractivity contribution in [1.82, 2.24) is 14.8 Å². The first kappa shape index (κ1) is 26.6. The van der Waals surface area contributed by atoms with Gasteiger partial charge in [0.1, 0.15) is 0 Å².